The van der Waals surface area contributed by atoms with Gasteiger partial charge in [-0.05, 0) is 50.1 Å². The third-order valence-corrected chi connectivity index (χ3v) is 3.08. The quantitative estimate of drug-likeness (QED) is 0.192. The molecular formula is C7H4BrIN4O3. The van der Waals surface area contributed by atoms with Crippen LogP contribution >= 0.6 is 38.5 Å². The van der Waals surface area contributed by atoms with E-state index in [1.165, 1.54) is 7.11 Å². The fourth-order valence-electron chi connectivity index (χ4n) is 1.08. The van der Waals surface area contributed by atoms with E-state index in [2.05, 4.69) is 26.0 Å². The Balaban J connectivity index is 3.71. The van der Waals surface area contributed by atoms with Gasteiger partial charge in [-0.3, -0.25) is 10.1 Å². The summed E-state index contributed by atoms with van der Waals surface area (Å²) in [5, 5.41) is 14.2. The number of nitrogens with zero attached hydrogens (tertiary/aromatic N) is 4. The summed E-state index contributed by atoms with van der Waals surface area (Å²) in [6.07, 6.45) is 0. The molecule has 0 N–H and O–H groups in total. The monoisotopic (exact) mass is 398 g/mol. The highest BCUT2D eigenvalue weighted by Crippen LogP contribution is 2.45. The van der Waals surface area contributed by atoms with Crippen LogP contribution < -0.4 is 4.74 Å². The second kappa shape index (κ2) is 5.32. The van der Waals surface area contributed by atoms with Gasteiger partial charge in [-0.15, -0.1) is 0 Å². The molecule has 0 fully saturated rings. The summed E-state index contributed by atoms with van der Waals surface area (Å²) in [5.74, 6) is 0.0350. The van der Waals surface area contributed by atoms with Gasteiger partial charge in [-0.25, -0.2) is 0 Å². The first kappa shape index (κ1) is 13.0. The minimum Gasteiger partial charge on any atom is -0.489 e. The van der Waals surface area contributed by atoms with Gasteiger partial charge in [0.25, 0.3) is 0 Å². The van der Waals surface area contributed by atoms with Crippen LogP contribution in [0.15, 0.2) is 15.7 Å². The van der Waals surface area contributed by atoms with Crippen molar-refractivity contribution in [3.63, 3.8) is 0 Å². The fourth-order valence-corrected chi connectivity index (χ4v) is 2.76. The number of rotatable bonds is 3. The Morgan fingerprint density at radius 1 is 1.75 bits per heavy atom. The fraction of sp³-hybridized carbons (Fsp3) is 0.143. The molecule has 0 spiro atoms. The molecule has 0 amide bonds. The number of nitro benzene ring substituents is 1. The zero-order chi connectivity index (χ0) is 12.3. The van der Waals surface area contributed by atoms with Crippen molar-refractivity contribution in [2.75, 3.05) is 7.11 Å². The van der Waals surface area contributed by atoms with Crippen molar-refractivity contribution in [1.29, 1.82) is 0 Å². The van der Waals surface area contributed by atoms with Gasteiger partial charge in [0, 0.05) is 8.48 Å². The van der Waals surface area contributed by atoms with E-state index in [9.17, 15) is 10.1 Å². The van der Waals surface area contributed by atoms with Crippen LogP contribution in [0.3, 0.4) is 0 Å². The Kier molecular flexibility index (Phi) is 4.33. The van der Waals surface area contributed by atoms with Crippen molar-refractivity contribution in [2.45, 2.75) is 0 Å². The zero-order valence-corrected chi connectivity index (χ0v) is 11.6. The third-order valence-electron chi connectivity index (χ3n) is 1.67. The van der Waals surface area contributed by atoms with Gasteiger partial charge in [0.05, 0.1) is 16.5 Å². The molecular weight excluding hydrogens is 395 g/mol. The topological polar surface area (TPSA) is 101 Å². The van der Waals surface area contributed by atoms with Crippen molar-refractivity contribution in [1.82, 2.24) is 0 Å². The standard InChI is InChI=1S/C7H4BrIN4O3/c1-16-7-3(8)2-4(9)5(11-12-10)6(7)13(14)15/h2H,1H3. The van der Waals surface area contributed by atoms with Gasteiger partial charge in [0.15, 0.2) is 0 Å². The van der Waals surface area contributed by atoms with Gasteiger partial charge in [0.2, 0.25) is 5.75 Å². The molecule has 7 nitrogen and oxygen atoms in total. The van der Waals surface area contributed by atoms with E-state index in [1.54, 1.807) is 6.07 Å². The van der Waals surface area contributed by atoms with E-state index < -0.39 is 4.92 Å². The maximum atomic E-state index is 10.9. The molecule has 1 aromatic carbocycles. The van der Waals surface area contributed by atoms with Crippen molar-refractivity contribution >= 4 is 49.9 Å². The van der Waals surface area contributed by atoms with E-state index >= 15 is 0 Å². The SMILES string of the molecule is COc1c(Br)cc(I)c(N=[N+]=[N-])c1[N+](=O)[O-]. The largest absolute Gasteiger partial charge is 0.489 e. The summed E-state index contributed by atoms with van der Waals surface area (Å²) in [6.45, 7) is 0. The van der Waals surface area contributed by atoms with E-state index in [0.717, 1.165) is 0 Å². The van der Waals surface area contributed by atoms with Gasteiger partial charge in [-0.2, -0.15) is 0 Å². The zero-order valence-electron chi connectivity index (χ0n) is 7.85. The van der Waals surface area contributed by atoms with Crippen molar-refractivity contribution in [2.24, 2.45) is 5.11 Å². The first-order valence-electron chi connectivity index (χ1n) is 3.78. The third kappa shape index (κ3) is 2.36. The predicted molar refractivity (Wildman–Crippen MR) is 68.9 cm³/mol. The molecule has 0 aromatic heterocycles. The second-order valence-corrected chi connectivity index (χ2v) is 4.53. The van der Waals surface area contributed by atoms with Crippen LogP contribution in [0.2, 0.25) is 0 Å². The molecule has 0 heterocycles. The first-order chi connectivity index (χ1) is 7.52. The Bertz CT molecular complexity index is 501. The lowest BCUT2D eigenvalue weighted by Gasteiger charge is -2.07. The molecule has 0 aliphatic carbocycles. The number of nitro groups is 1. The molecule has 0 saturated heterocycles. The highest BCUT2D eigenvalue weighted by Gasteiger charge is 2.25. The van der Waals surface area contributed by atoms with Crippen molar-refractivity contribution in [3.05, 3.63) is 34.7 Å². The van der Waals surface area contributed by atoms with Crippen molar-refractivity contribution < 1.29 is 9.66 Å². The van der Waals surface area contributed by atoms with Crippen LogP contribution in [-0.2, 0) is 0 Å². The van der Waals surface area contributed by atoms with Crippen LogP contribution in [0.4, 0.5) is 11.4 Å². The van der Waals surface area contributed by atoms with Crippen LogP contribution in [0.25, 0.3) is 10.4 Å². The van der Waals surface area contributed by atoms with Gasteiger partial charge < -0.3 is 4.74 Å². The van der Waals surface area contributed by atoms with Crippen LogP contribution in [0.5, 0.6) is 5.75 Å². The molecule has 0 radical (unpaired) electrons. The number of halogens is 2. The molecule has 9 heteroatoms. The number of hydrogen-bond acceptors (Lipinski definition) is 4. The number of hydrogen-bond donors (Lipinski definition) is 0. The number of ether oxygens (including phenoxy) is 1. The summed E-state index contributed by atoms with van der Waals surface area (Å²) in [4.78, 5) is 12.8. The van der Waals surface area contributed by atoms with Crippen LogP contribution in [0.1, 0.15) is 0 Å². The molecule has 16 heavy (non-hydrogen) atoms. The highest BCUT2D eigenvalue weighted by molar-refractivity contribution is 14.1. The lowest BCUT2D eigenvalue weighted by Crippen LogP contribution is -1.96. The molecule has 1 aromatic rings. The normalized spacial score (nSPS) is 9.44. The Morgan fingerprint density at radius 2 is 2.38 bits per heavy atom. The summed E-state index contributed by atoms with van der Waals surface area (Å²) in [7, 11) is 1.31. The summed E-state index contributed by atoms with van der Waals surface area (Å²) in [5.41, 5.74) is 7.97. The maximum Gasteiger partial charge on any atom is 0.322 e. The number of methoxy groups -OCH3 is 1. The minimum atomic E-state index is -0.643. The Morgan fingerprint density at radius 3 is 2.81 bits per heavy atom. The molecule has 1 rings (SSSR count). The maximum absolute atomic E-state index is 10.9. The van der Waals surface area contributed by atoms with Crippen LogP contribution in [0, 0.1) is 13.7 Å². The van der Waals surface area contributed by atoms with Crippen LogP contribution in [-0.4, -0.2) is 12.0 Å². The molecule has 0 aliphatic heterocycles. The highest BCUT2D eigenvalue weighted by atomic mass is 127. The summed E-state index contributed by atoms with van der Waals surface area (Å²) < 4.78 is 5.80. The molecule has 0 aliphatic rings. The molecule has 84 valence electrons. The minimum absolute atomic E-state index is 0.0350. The molecule has 0 atom stereocenters. The summed E-state index contributed by atoms with van der Waals surface area (Å²) in [6, 6.07) is 1.58. The number of azide groups is 1. The average molecular weight is 399 g/mol. The van der Waals surface area contributed by atoms with E-state index in [-0.39, 0.29) is 17.1 Å². The molecule has 0 saturated carbocycles. The lowest BCUT2D eigenvalue weighted by molar-refractivity contribution is -0.385. The van der Waals surface area contributed by atoms with Gasteiger partial charge in [0.1, 0.15) is 5.69 Å². The predicted octanol–water partition coefficient (Wildman–Crippen LogP) is 3.91. The van der Waals surface area contributed by atoms with E-state index in [1.807, 2.05) is 22.6 Å². The van der Waals surface area contributed by atoms with Gasteiger partial charge >= 0.3 is 5.69 Å². The lowest BCUT2D eigenvalue weighted by atomic mass is 10.2. The Hall–Kier alpha value is -1.06. The van der Waals surface area contributed by atoms with E-state index in [4.69, 9.17) is 10.3 Å². The number of benzene rings is 1. The van der Waals surface area contributed by atoms with Crippen molar-refractivity contribution in [3.8, 4) is 5.75 Å². The van der Waals surface area contributed by atoms with Gasteiger partial charge in [-0.1, -0.05) is 5.11 Å². The smallest absolute Gasteiger partial charge is 0.322 e. The average Bonchev–Trinajstić information content (AvgIpc) is 2.21. The second-order valence-electron chi connectivity index (χ2n) is 2.52. The van der Waals surface area contributed by atoms with E-state index in [0.29, 0.717) is 8.04 Å². The first-order valence-corrected chi connectivity index (χ1v) is 5.65. The summed E-state index contributed by atoms with van der Waals surface area (Å²) >= 11 is 4.99. The molecule has 0 unspecified atom stereocenters. The molecule has 0 bridgehead atoms. The Labute approximate surface area is 112 Å².